The summed E-state index contributed by atoms with van der Waals surface area (Å²) in [6.07, 6.45) is 1.19. The molecule has 2 heterocycles. The van der Waals surface area contributed by atoms with Crippen LogP contribution in [0.1, 0.15) is 12.3 Å². The number of anilines is 1. The van der Waals surface area contributed by atoms with Crippen LogP contribution in [0, 0.1) is 6.92 Å². The summed E-state index contributed by atoms with van der Waals surface area (Å²) in [4.78, 5) is 2.41. The Morgan fingerprint density at radius 1 is 1.11 bits per heavy atom. The minimum absolute atomic E-state index is 0.585. The molecule has 0 atom stereocenters. The average Bonchev–Trinajstić information content (AvgIpc) is 2.72. The van der Waals surface area contributed by atoms with Crippen LogP contribution in [-0.2, 0) is 0 Å². The molecule has 0 radical (unpaired) electrons. The summed E-state index contributed by atoms with van der Waals surface area (Å²) in [7, 11) is 0. The van der Waals surface area contributed by atoms with Gasteiger partial charge >= 0.3 is 0 Å². The van der Waals surface area contributed by atoms with Crippen LogP contribution in [0.25, 0.3) is 11.5 Å². The lowest BCUT2D eigenvalue weighted by molar-refractivity contribution is 0.533. The summed E-state index contributed by atoms with van der Waals surface area (Å²) in [5, 5.41) is 11.3. The van der Waals surface area contributed by atoms with Gasteiger partial charge in [0.1, 0.15) is 0 Å². The van der Waals surface area contributed by atoms with Crippen molar-refractivity contribution in [3.63, 3.8) is 0 Å². The molecule has 0 bridgehead atoms. The molecule has 19 heavy (non-hydrogen) atoms. The van der Waals surface area contributed by atoms with Crippen molar-refractivity contribution in [1.29, 1.82) is 0 Å². The zero-order chi connectivity index (χ0) is 13.1. The van der Waals surface area contributed by atoms with E-state index < -0.39 is 0 Å². The molecule has 100 valence electrons. The zero-order valence-corrected chi connectivity index (χ0v) is 11.1. The zero-order valence-electron chi connectivity index (χ0n) is 11.1. The SMILES string of the molecule is Cc1nnc(-c2ccc(N3CCCNCC3)cc2)o1. The number of benzene rings is 1. The summed E-state index contributed by atoms with van der Waals surface area (Å²) in [5.41, 5.74) is 2.22. The van der Waals surface area contributed by atoms with Crippen LogP contribution < -0.4 is 10.2 Å². The molecule has 5 nitrogen and oxygen atoms in total. The second kappa shape index (κ2) is 5.40. The summed E-state index contributed by atoms with van der Waals surface area (Å²) in [6, 6.07) is 8.33. The molecule has 0 amide bonds. The molecule has 5 heteroatoms. The highest BCUT2D eigenvalue weighted by Crippen LogP contribution is 2.22. The van der Waals surface area contributed by atoms with Gasteiger partial charge in [0.15, 0.2) is 0 Å². The van der Waals surface area contributed by atoms with Gasteiger partial charge < -0.3 is 14.6 Å². The fourth-order valence-corrected chi connectivity index (χ4v) is 2.33. The molecule has 3 rings (SSSR count). The largest absolute Gasteiger partial charge is 0.421 e. The maximum atomic E-state index is 5.43. The molecule has 0 spiro atoms. The van der Waals surface area contributed by atoms with Gasteiger partial charge in [0.2, 0.25) is 11.8 Å². The third-order valence-corrected chi connectivity index (χ3v) is 3.35. The van der Waals surface area contributed by atoms with Crippen molar-refractivity contribution in [3.05, 3.63) is 30.2 Å². The second-order valence-electron chi connectivity index (χ2n) is 4.76. The average molecular weight is 258 g/mol. The molecule has 1 aromatic heterocycles. The number of nitrogens with one attached hydrogen (secondary N) is 1. The van der Waals surface area contributed by atoms with E-state index in [1.807, 2.05) is 12.1 Å². The minimum Gasteiger partial charge on any atom is -0.421 e. The number of nitrogens with zero attached hydrogens (tertiary/aromatic N) is 3. The molecule has 1 aromatic carbocycles. The van der Waals surface area contributed by atoms with Crippen molar-refractivity contribution in [2.45, 2.75) is 13.3 Å². The second-order valence-corrected chi connectivity index (χ2v) is 4.76. The molecule has 1 N–H and O–H groups in total. The van der Waals surface area contributed by atoms with Crippen LogP contribution in [0.2, 0.25) is 0 Å². The minimum atomic E-state index is 0.585. The van der Waals surface area contributed by atoms with E-state index in [4.69, 9.17) is 4.42 Å². The predicted octanol–water partition coefficient (Wildman–Crippen LogP) is 1.84. The molecular weight excluding hydrogens is 240 g/mol. The first kappa shape index (κ1) is 12.2. The van der Waals surface area contributed by atoms with Crippen molar-refractivity contribution in [1.82, 2.24) is 15.5 Å². The van der Waals surface area contributed by atoms with Crippen LogP contribution in [0.15, 0.2) is 28.7 Å². The maximum absolute atomic E-state index is 5.43. The highest BCUT2D eigenvalue weighted by atomic mass is 16.4. The van der Waals surface area contributed by atoms with Crippen LogP contribution in [0.4, 0.5) is 5.69 Å². The lowest BCUT2D eigenvalue weighted by atomic mass is 10.2. The number of hydrogen-bond acceptors (Lipinski definition) is 5. The van der Waals surface area contributed by atoms with Gasteiger partial charge in [-0.3, -0.25) is 0 Å². The third-order valence-electron chi connectivity index (χ3n) is 3.35. The number of aromatic nitrogens is 2. The number of rotatable bonds is 2. The molecule has 0 saturated carbocycles. The first-order valence-electron chi connectivity index (χ1n) is 6.69. The third kappa shape index (κ3) is 2.76. The number of hydrogen-bond donors (Lipinski definition) is 1. The Labute approximate surface area is 112 Å². The molecule has 1 aliphatic heterocycles. The van der Waals surface area contributed by atoms with Crippen LogP contribution in [0.5, 0.6) is 0 Å². The maximum Gasteiger partial charge on any atom is 0.247 e. The summed E-state index contributed by atoms with van der Waals surface area (Å²) in [6.45, 7) is 6.11. The lowest BCUT2D eigenvalue weighted by Crippen LogP contribution is -2.27. The van der Waals surface area contributed by atoms with E-state index >= 15 is 0 Å². The fraction of sp³-hybridized carbons (Fsp3) is 0.429. The molecule has 0 unspecified atom stereocenters. The van der Waals surface area contributed by atoms with Crippen molar-refractivity contribution in [3.8, 4) is 11.5 Å². The summed E-state index contributed by atoms with van der Waals surface area (Å²) in [5.74, 6) is 1.18. The normalized spacial score (nSPS) is 16.4. The Balaban J connectivity index is 1.78. The molecule has 1 aliphatic rings. The van der Waals surface area contributed by atoms with Gasteiger partial charge in [0, 0.05) is 37.8 Å². The first-order valence-corrected chi connectivity index (χ1v) is 6.69. The van der Waals surface area contributed by atoms with E-state index in [1.165, 1.54) is 12.1 Å². The van der Waals surface area contributed by atoms with E-state index in [0.717, 1.165) is 31.7 Å². The number of aryl methyl sites for hydroxylation is 1. The van der Waals surface area contributed by atoms with Gasteiger partial charge in [0.25, 0.3) is 0 Å². The van der Waals surface area contributed by atoms with Gasteiger partial charge in [-0.25, -0.2) is 0 Å². The standard InChI is InChI=1S/C14H18N4O/c1-11-16-17-14(19-11)12-3-5-13(6-4-12)18-9-2-7-15-8-10-18/h3-6,15H,2,7-10H2,1H3. The molecule has 1 saturated heterocycles. The van der Waals surface area contributed by atoms with Crippen molar-refractivity contribution < 1.29 is 4.42 Å². The van der Waals surface area contributed by atoms with Gasteiger partial charge in [-0.1, -0.05) is 0 Å². The van der Waals surface area contributed by atoms with Gasteiger partial charge in [0.05, 0.1) is 0 Å². The Bertz CT molecular complexity index is 527. The smallest absolute Gasteiger partial charge is 0.247 e. The van der Waals surface area contributed by atoms with Crippen molar-refractivity contribution >= 4 is 5.69 Å². The van der Waals surface area contributed by atoms with E-state index in [9.17, 15) is 0 Å². The van der Waals surface area contributed by atoms with E-state index in [2.05, 4.69) is 32.5 Å². The topological polar surface area (TPSA) is 54.2 Å². The van der Waals surface area contributed by atoms with Gasteiger partial charge in [-0.2, -0.15) is 0 Å². The van der Waals surface area contributed by atoms with E-state index in [-0.39, 0.29) is 0 Å². The summed E-state index contributed by atoms with van der Waals surface area (Å²) >= 11 is 0. The Hall–Kier alpha value is -1.88. The molecule has 0 aliphatic carbocycles. The first-order chi connectivity index (χ1) is 9.33. The van der Waals surface area contributed by atoms with E-state index in [0.29, 0.717) is 11.8 Å². The fourth-order valence-electron chi connectivity index (χ4n) is 2.33. The Morgan fingerprint density at radius 3 is 2.68 bits per heavy atom. The van der Waals surface area contributed by atoms with Crippen molar-refractivity contribution in [2.24, 2.45) is 0 Å². The Morgan fingerprint density at radius 2 is 1.95 bits per heavy atom. The molecule has 2 aromatic rings. The predicted molar refractivity (Wildman–Crippen MR) is 74.2 cm³/mol. The van der Waals surface area contributed by atoms with Gasteiger partial charge in [-0.05, 0) is 37.2 Å². The van der Waals surface area contributed by atoms with E-state index in [1.54, 1.807) is 6.92 Å². The summed E-state index contributed by atoms with van der Waals surface area (Å²) < 4.78 is 5.43. The molecular formula is C14H18N4O. The molecule has 1 fully saturated rings. The van der Waals surface area contributed by atoms with Crippen LogP contribution >= 0.6 is 0 Å². The highest BCUT2D eigenvalue weighted by molar-refractivity contribution is 5.59. The van der Waals surface area contributed by atoms with Crippen LogP contribution in [0.3, 0.4) is 0 Å². The lowest BCUT2D eigenvalue weighted by Gasteiger charge is -2.22. The van der Waals surface area contributed by atoms with Crippen molar-refractivity contribution in [2.75, 3.05) is 31.1 Å². The quantitative estimate of drug-likeness (QED) is 0.891. The monoisotopic (exact) mass is 258 g/mol. The van der Waals surface area contributed by atoms with Gasteiger partial charge in [-0.15, -0.1) is 10.2 Å². The van der Waals surface area contributed by atoms with Crippen LogP contribution in [-0.4, -0.2) is 36.4 Å². The highest BCUT2D eigenvalue weighted by Gasteiger charge is 2.10. The Kier molecular flexibility index (Phi) is 3.46.